The van der Waals surface area contributed by atoms with Crippen LogP contribution in [0.2, 0.25) is 0 Å². The fourth-order valence-electron chi connectivity index (χ4n) is 1.46. The zero-order chi connectivity index (χ0) is 12.5. The minimum atomic E-state index is -4.72. The van der Waals surface area contributed by atoms with Gasteiger partial charge in [0.25, 0.3) is 0 Å². The maximum atomic E-state index is 12.1. The summed E-state index contributed by atoms with van der Waals surface area (Å²) in [4.78, 5) is 0. The number of alkyl halides is 3. The predicted molar refractivity (Wildman–Crippen MR) is 54.8 cm³/mol. The quantitative estimate of drug-likeness (QED) is 0.888. The molecule has 0 aromatic heterocycles. The second-order valence-corrected chi connectivity index (χ2v) is 3.98. The molecule has 2 N–H and O–H groups in total. The third-order valence-corrected chi connectivity index (χ3v) is 2.58. The Hall–Kier alpha value is -1.43. The lowest BCUT2D eigenvalue weighted by atomic mass is 10.3. The summed E-state index contributed by atoms with van der Waals surface area (Å²) >= 11 is 0. The van der Waals surface area contributed by atoms with Crippen LogP contribution < -0.4 is 15.2 Å². The Morgan fingerprint density at radius 2 is 1.76 bits per heavy atom. The van der Waals surface area contributed by atoms with Crippen molar-refractivity contribution < 1.29 is 22.6 Å². The summed E-state index contributed by atoms with van der Waals surface area (Å²) in [5.74, 6) is -0.257. The van der Waals surface area contributed by atoms with Crippen molar-refractivity contribution in [3.63, 3.8) is 0 Å². The number of halogens is 3. The van der Waals surface area contributed by atoms with Crippen LogP contribution in [-0.2, 0) is 0 Å². The highest BCUT2D eigenvalue weighted by molar-refractivity contribution is 5.40. The molecule has 1 fully saturated rings. The zero-order valence-electron chi connectivity index (χ0n) is 8.96. The van der Waals surface area contributed by atoms with E-state index in [1.165, 1.54) is 18.2 Å². The van der Waals surface area contributed by atoms with Gasteiger partial charge >= 0.3 is 6.36 Å². The second kappa shape index (κ2) is 4.10. The molecule has 94 valence electrons. The lowest BCUT2D eigenvalue weighted by Gasteiger charge is -2.19. The molecule has 1 aliphatic rings. The third-order valence-electron chi connectivity index (χ3n) is 2.58. The minimum absolute atomic E-state index is 0.0766. The van der Waals surface area contributed by atoms with E-state index >= 15 is 0 Å². The fourth-order valence-corrected chi connectivity index (χ4v) is 1.46. The van der Waals surface area contributed by atoms with Gasteiger partial charge in [0.1, 0.15) is 5.60 Å². The maximum Gasteiger partial charge on any atom is 0.573 e. The number of para-hydroxylation sites is 2. The molecule has 2 rings (SSSR count). The normalized spacial score (nSPS) is 17.6. The Balaban J connectivity index is 2.16. The first kappa shape index (κ1) is 12.0. The van der Waals surface area contributed by atoms with Gasteiger partial charge in [0.15, 0.2) is 11.5 Å². The van der Waals surface area contributed by atoms with Crippen LogP contribution in [0.4, 0.5) is 13.2 Å². The number of ether oxygens (including phenoxy) is 2. The molecular weight excluding hydrogens is 235 g/mol. The van der Waals surface area contributed by atoms with E-state index in [2.05, 4.69) is 4.74 Å². The lowest BCUT2D eigenvalue weighted by molar-refractivity contribution is -0.275. The maximum absolute atomic E-state index is 12.1. The fraction of sp³-hybridized carbons (Fsp3) is 0.455. The zero-order valence-corrected chi connectivity index (χ0v) is 8.96. The Bertz CT molecular complexity index is 402. The molecule has 0 saturated heterocycles. The average molecular weight is 247 g/mol. The second-order valence-electron chi connectivity index (χ2n) is 3.98. The largest absolute Gasteiger partial charge is 0.573 e. The molecule has 17 heavy (non-hydrogen) atoms. The molecule has 0 unspecified atom stereocenters. The molecule has 6 heteroatoms. The molecular formula is C11H12F3NO2. The van der Waals surface area contributed by atoms with Gasteiger partial charge in [-0.05, 0) is 25.0 Å². The van der Waals surface area contributed by atoms with Crippen molar-refractivity contribution in [2.45, 2.75) is 24.8 Å². The highest BCUT2D eigenvalue weighted by atomic mass is 19.4. The van der Waals surface area contributed by atoms with Crippen LogP contribution in [-0.4, -0.2) is 18.5 Å². The van der Waals surface area contributed by atoms with Crippen molar-refractivity contribution in [2.24, 2.45) is 5.73 Å². The van der Waals surface area contributed by atoms with E-state index in [9.17, 15) is 13.2 Å². The van der Waals surface area contributed by atoms with Gasteiger partial charge in [-0.2, -0.15) is 0 Å². The first-order valence-corrected chi connectivity index (χ1v) is 5.18. The molecule has 0 radical (unpaired) electrons. The molecule has 1 aromatic carbocycles. The summed E-state index contributed by atoms with van der Waals surface area (Å²) in [6.07, 6.45) is -3.22. The van der Waals surface area contributed by atoms with E-state index in [1.807, 2.05) is 0 Å². The van der Waals surface area contributed by atoms with Crippen molar-refractivity contribution in [2.75, 3.05) is 6.54 Å². The van der Waals surface area contributed by atoms with Crippen molar-refractivity contribution in [1.29, 1.82) is 0 Å². The Morgan fingerprint density at radius 3 is 2.24 bits per heavy atom. The Labute approximate surface area is 96.3 Å². The van der Waals surface area contributed by atoms with Crippen LogP contribution in [0, 0.1) is 0 Å². The highest BCUT2D eigenvalue weighted by Crippen LogP contribution is 2.42. The standard InChI is InChI=1S/C11H12F3NO2/c12-11(13,14)17-9-4-2-1-3-8(9)16-10(7-15)5-6-10/h1-4H,5-7,15H2. The molecule has 0 spiro atoms. The summed E-state index contributed by atoms with van der Waals surface area (Å²) in [6.45, 7) is 0.285. The van der Waals surface area contributed by atoms with Crippen LogP contribution in [0.15, 0.2) is 24.3 Å². The third kappa shape index (κ3) is 3.03. The summed E-state index contributed by atoms with van der Waals surface area (Å²) < 4.78 is 45.8. The van der Waals surface area contributed by atoms with Crippen molar-refractivity contribution >= 4 is 0 Å². The molecule has 0 atom stereocenters. The summed E-state index contributed by atoms with van der Waals surface area (Å²) in [5.41, 5.74) is 5.00. The predicted octanol–water partition coefficient (Wildman–Crippen LogP) is 2.46. The molecule has 3 nitrogen and oxygen atoms in total. The van der Waals surface area contributed by atoms with Gasteiger partial charge in [0, 0.05) is 6.54 Å². The van der Waals surface area contributed by atoms with E-state index in [0.29, 0.717) is 0 Å². The van der Waals surface area contributed by atoms with Crippen LogP contribution in [0.3, 0.4) is 0 Å². The topological polar surface area (TPSA) is 44.5 Å². The molecule has 1 aromatic rings. The van der Waals surface area contributed by atoms with Gasteiger partial charge in [0.05, 0.1) is 0 Å². The molecule has 0 heterocycles. The number of benzene rings is 1. The van der Waals surface area contributed by atoms with Crippen molar-refractivity contribution in [3.8, 4) is 11.5 Å². The van der Waals surface area contributed by atoms with Crippen LogP contribution in [0.1, 0.15) is 12.8 Å². The first-order valence-electron chi connectivity index (χ1n) is 5.18. The summed E-state index contributed by atoms with van der Waals surface area (Å²) in [6, 6.07) is 5.70. The number of hydrogen-bond donors (Lipinski definition) is 1. The van der Waals surface area contributed by atoms with E-state index in [0.717, 1.165) is 12.8 Å². The van der Waals surface area contributed by atoms with Crippen molar-refractivity contribution in [3.05, 3.63) is 24.3 Å². The van der Waals surface area contributed by atoms with Crippen molar-refractivity contribution in [1.82, 2.24) is 0 Å². The van der Waals surface area contributed by atoms with E-state index in [4.69, 9.17) is 10.5 Å². The first-order chi connectivity index (χ1) is 7.94. The summed E-state index contributed by atoms with van der Waals surface area (Å²) in [7, 11) is 0. The monoisotopic (exact) mass is 247 g/mol. The van der Waals surface area contributed by atoms with Gasteiger partial charge in [0.2, 0.25) is 0 Å². The smallest absolute Gasteiger partial charge is 0.482 e. The number of hydrogen-bond acceptors (Lipinski definition) is 3. The SMILES string of the molecule is NCC1(Oc2ccccc2OC(F)(F)F)CC1. The Kier molecular flexibility index (Phi) is 2.91. The van der Waals surface area contributed by atoms with Crippen LogP contribution in [0.25, 0.3) is 0 Å². The van der Waals surface area contributed by atoms with E-state index < -0.39 is 12.0 Å². The van der Waals surface area contributed by atoms with Gasteiger partial charge < -0.3 is 15.2 Å². The lowest BCUT2D eigenvalue weighted by Crippen LogP contribution is -2.29. The van der Waals surface area contributed by atoms with Crippen LogP contribution >= 0.6 is 0 Å². The molecule has 1 aliphatic carbocycles. The molecule has 0 aliphatic heterocycles. The molecule has 1 saturated carbocycles. The van der Waals surface area contributed by atoms with E-state index in [1.54, 1.807) is 6.07 Å². The van der Waals surface area contributed by atoms with Gasteiger partial charge in [-0.3, -0.25) is 0 Å². The van der Waals surface area contributed by atoms with Gasteiger partial charge in [-0.15, -0.1) is 13.2 Å². The average Bonchev–Trinajstić information content (AvgIpc) is 3.00. The van der Waals surface area contributed by atoms with Gasteiger partial charge in [-0.25, -0.2) is 0 Å². The van der Waals surface area contributed by atoms with E-state index in [-0.39, 0.29) is 18.0 Å². The highest BCUT2D eigenvalue weighted by Gasteiger charge is 2.45. The number of nitrogens with two attached hydrogens (primary N) is 1. The number of rotatable bonds is 4. The molecule has 0 bridgehead atoms. The Morgan fingerprint density at radius 1 is 1.18 bits per heavy atom. The minimum Gasteiger partial charge on any atom is -0.482 e. The van der Waals surface area contributed by atoms with Crippen LogP contribution in [0.5, 0.6) is 11.5 Å². The molecule has 0 amide bonds. The summed E-state index contributed by atoms with van der Waals surface area (Å²) in [5, 5.41) is 0. The van der Waals surface area contributed by atoms with Gasteiger partial charge in [-0.1, -0.05) is 12.1 Å².